The molecule has 0 bridgehead atoms. The quantitative estimate of drug-likeness (QED) is 0.884. The van der Waals surface area contributed by atoms with Gasteiger partial charge in [0.05, 0.1) is 12.1 Å². The molecule has 0 radical (unpaired) electrons. The molecule has 0 aromatic heterocycles. The van der Waals surface area contributed by atoms with E-state index >= 15 is 0 Å². The zero-order chi connectivity index (χ0) is 13.2. The van der Waals surface area contributed by atoms with E-state index in [1.54, 1.807) is 6.07 Å². The maximum absolute atomic E-state index is 9.74. The SMILES string of the molecule is CC(CO)(NC1CCCC1)c1ccc(Cl)cc1Cl. The van der Waals surface area contributed by atoms with Crippen LogP contribution in [0.2, 0.25) is 10.0 Å². The van der Waals surface area contributed by atoms with Crippen molar-refractivity contribution >= 4 is 23.2 Å². The smallest absolute Gasteiger partial charge is 0.0657 e. The Kier molecular flexibility index (Phi) is 4.54. The molecular weight excluding hydrogens is 269 g/mol. The monoisotopic (exact) mass is 287 g/mol. The molecule has 2 N–H and O–H groups in total. The highest BCUT2D eigenvalue weighted by Gasteiger charge is 2.31. The maximum atomic E-state index is 9.74. The molecule has 100 valence electrons. The summed E-state index contributed by atoms with van der Waals surface area (Å²) >= 11 is 12.2. The average Bonchev–Trinajstić information content (AvgIpc) is 2.81. The summed E-state index contributed by atoms with van der Waals surface area (Å²) in [5.41, 5.74) is 0.402. The number of benzene rings is 1. The molecule has 2 rings (SSSR count). The summed E-state index contributed by atoms with van der Waals surface area (Å²) in [4.78, 5) is 0. The van der Waals surface area contributed by atoms with E-state index in [1.165, 1.54) is 25.7 Å². The van der Waals surface area contributed by atoms with Gasteiger partial charge in [-0.15, -0.1) is 0 Å². The predicted molar refractivity (Wildman–Crippen MR) is 76.3 cm³/mol. The Hall–Kier alpha value is -0.280. The van der Waals surface area contributed by atoms with E-state index in [2.05, 4.69) is 5.32 Å². The molecule has 1 unspecified atom stereocenters. The first-order valence-electron chi connectivity index (χ1n) is 6.39. The summed E-state index contributed by atoms with van der Waals surface area (Å²) in [5, 5.41) is 14.5. The number of aliphatic hydroxyl groups is 1. The third-order valence-corrected chi connectivity index (χ3v) is 4.27. The number of rotatable bonds is 4. The van der Waals surface area contributed by atoms with Gasteiger partial charge in [-0.2, -0.15) is 0 Å². The molecule has 4 heteroatoms. The number of aliphatic hydroxyl groups excluding tert-OH is 1. The highest BCUT2D eigenvalue weighted by atomic mass is 35.5. The fourth-order valence-electron chi connectivity index (χ4n) is 2.67. The summed E-state index contributed by atoms with van der Waals surface area (Å²) in [6, 6.07) is 5.90. The molecule has 0 saturated heterocycles. The third-order valence-electron chi connectivity index (χ3n) is 3.72. The van der Waals surface area contributed by atoms with Gasteiger partial charge in [0.25, 0.3) is 0 Å². The maximum Gasteiger partial charge on any atom is 0.0657 e. The van der Waals surface area contributed by atoms with E-state index in [-0.39, 0.29) is 6.61 Å². The van der Waals surface area contributed by atoms with E-state index in [1.807, 2.05) is 19.1 Å². The van der Waals surface area contributed by atoms with Gasteiger partial charge in [0.1, 0.15) is 0 Å². The summed E-state index contributed by atoms with van der Waals surface area (Å²) in [5.74, 6) is 0. The molecule has 1 saturated carbocycles. The van der Waals surface area contributed by atoms with Crippen molar-refractivity contribution in [2.45, 2.75) is 44.2 Å². The molecule has 1 aromatic carbocycles. The van der Waals surface area contributed by atoms with E-state index in [0.717, 1.165) is 5.56 Å². The number of halogens is 2. The van der Waals surface area contributed by atoms with Gasteiger partial charge < -0.3 is 10.4 Å². The lowest BCUT2D eigenvalue weighted by Gasteiger charge is -2.33. The van der Waals surface area contributed by atoms with Crippen molar-refractivity contribution in [1.82, 2.24) is 5.32 Å². The van der Waals surface area contributed by atoms with Crippen LogP contribution in [0.3, 0.4) is 0 Å². The van der Waals surface area contributed by atoms with Crippen molar-refractivity contribution in [3.05, 3.63) is 33.8 Å². The molecule has 1 aliphatic rings. The fraction of sp³-hybridized carbons (Fsp3) is 0.571. The van der Waals surface area contributed by atoms with Gasteiger partial charge >= 0.3 is 0 Å². The minimum absolute atomic E-state index is 0.0187. The Balaban J connectivity index is 2.24. The highest BCUT2D eigenvalue weighted by Crippen LogP contribution is 2.32. The standard InChI is InChI=1S/C14H19Cl2NO/c1-14(9-18,17-11-4-2-3-5-11)12-7-6-10(15)8-13(12)16/h6-8,11,17-18H,2-5,9H2,1H3. The van der Waals surface area contributed by atoms with Crippen LogP contribution in [0.4, 0.5) is 0 Å². The molecular formula is C14H19Cl2NO. The first-order valence-corrected chi connectivity index (χ1v) is 7.15. The second-order valence-electron chi connectivity index (χ2n) is 5.24. The minimum Gasteiger partial charge on any atom is -0.394 e. The third kappa shape index (κ3) is 3.00. The zero-order valence-electron chi connectivity index (χ0n) is 10.5. The van der Waals surface area contributed by atoms with Crippen molar-refractivity contribution in [3.8, 4) is 0 Å². The lowest BCUT2D eigenvalue weighted by Crippen LogP contribution is -2.47. The normalized spacial score (nSPS) is 20.0. The Labute approximate surface area is 118 Å². The fourth-order valence-corrected chi connectivity index (χ4v) is 3.28. The number of hydrogen-bond donors (Lipinski definition) is 2. The molecule has 0 aliphatic heterocycles. The van der Waals surface area contributed by atoms with E-state index < -0.39 is 5.54 Å². The molecule has 2 nitrogen and oxygen atoms in total. The molecule has 1 aromatic rings. The molecule has 1 aliphatic carbocycles. The summed E-state index contributed by atoms with van der Waals surface area (Å²) in [7, 11) is 0. The molecule has 0 heterocycles. The van der Waals surface area contributed by atoms with Crippen molar-refractivity contribution in [2.75, 3.05) is 6.61 Å². The highest BCUT2D eigenvalue weighted by molar-refractivity contribution is 6.35. The minimum atomic E-state index is -0.503. The van der Waals surface area contributed by atoms with Gasteiger partial charge in [-0.1, -0.05) is 42.1 Å². The second-order valence-corrected chi connectivity index (χ2v) is 6.08. The number of hydrogen-bond acceptors (Lipinski definition) is 2. The topological polar surface area (TPSA) is 32.3 Å². The first kappa shape index (κ1) is 14.1. The van der Waals surface area contributed by atoms with Crippen molar-refractivity contribution < 1.29 is 5.11 Å². The van der Waals surface area contributed by atoms with Gasteiger partial charge in [0.15, 0.2) is 0 Å². The number of nitrogens with one attached hydrogen (secondary N) is 1. The Morgan fingerprint density at radius 2 is 2.00 bits per heavy atom. The predicted octanol–water partition coefficient (Wildman–Crippen LogP) is 3.73. The van der Waals surface area contributed by atoms with Crippen molar-refractivity contribution in [3.63, 3.8) is 0 Å². The van der Waals surface area contributed by atoms with E-state index in [9.17, 15) is 5.11 Å². The van der Waals surface area contributed by atoms with Gasteiger partial charge in [-0.05, 0) is 37.5 Å². The van der Waals surface area contributed by atoms with Crippen LogP contribution in [-0.4, -0.2) is 17.8 Å². The van der Waals surface area contributed by atoms with Crippen LogP contribution >= 0.6 is 23.2 Å². The van der Waals surface area contributed by atoms with Crippen molar-refractivity contribution in [2.24, 2.45) is 0 Å². The van der Waals surface area contributed by atoms with Crippen LogP contribution in [-0.2, 0) is 5.54 Å². The largest absolute Gasteiger partial charge is 0.394 e. The summed E-state index contributed by atoms with van der Waals surface area (Å²) in [6.45, 7) is 2.01. The Morgan fingerprint density at radius 1 is 1.33 bits per heavy atom. The second kappa shape index (κ2) is 5.79. The Bertz CT molecular complexity index is 418. The van der Waals surface area contributed by atoms with E-state index in [4.69, 9.17) is 23.2 Å². The van der Waals surface area contributed by atoms with Gasteiger partial charge in [-0.25, -0.2) is 0 Å². The van der Waals surface area contributed by atoms with Crippen LogP contribution in [0.25, 0.3) is 0 Å². The lowest BCUT2D eigenvalue weighted by molar-refractivity contribution is 0.161. The van der Waals surface area contributed by atoms with Crippen LogP contribution in [0.15, 0.2) is 18.2 Å². The van der Waals surface area contributed by atoms with E-state index in [0.29, 0.717) is 16.1 Å². The Morgan fingerprint density at radius 3 is 2.56 bits per heavy atom. The molecule has 0 amide bonds. The molecule has 1 atom stereocenters. The van der Waals surface area contributed by atoms with Crippen LogP contribution in [0.1, 0.15) is 38.2 Å². The van der Waals surface area contributed by atoms with Crippen LogP contribution in [0, 0.1) is 0 Å². The summed E-state index contributed by atoms with van der Waals surface area (Å²) < 4.78 is 0. The summed E-state index contributed by atoms with van der Waals surface area (Å²) in [6.07, 6.45) is 4.85. The van der Waals surface area contributed by atoms with Crippen LogP contribution < -0.4 is 5.32 Å². The van der Waals surface area contributed by atoms with Gasteiger partial charge in [0.2, 0.25) is 0 Å². The first-order chi connectivity index (χ1) is 8.55. The van der Waals surface area contributed by atoms with Crippen LogP contribution in [0.5, 0.6) is 0 Å². The van der Waals surface area contributed by atoms with Gasteiger partial charge in [0, 0.05) is 16.1 Å². The molecule has 1 fully saturated rings. The molecule has 0 spiro atoms. The zero-order valence-corrected chi connectivity index (χ0v) is 12.1. The average molecular weight is 288 g/mol. The lowest BCUT2D eigenvalue weighted by atomic mass is 9.91. The van der Waals surface area contributed by atoms with Gasteiger partial charge in [-0.3, -0.25) is 0 Å². The van der Waals surface area contributed by atoms with Crippen molar-refractivity contribution in [1.29, 1.82) is 0 Å². The molecule has 18 heavy (non-hydrogen) atoms.